The molecule has 1 N–H and O–H groups in total. The number of rotatable bonds is 1. The minimum atomic E-state index is 1.07. The van der Waals surface area contributed by atoms with Gasteiger partial charge in [-0.2, -0.15) is 0 Å². The van der Waals surface area contributed by atoms with Crippen molar-refractivity contribution in [3.05, 3.63) is 54.6 Å². The van der Waals surface area contributed by atoms with Crippen LogP contribution in [0.1, 0.15) is 6.42 Å². The zero-order valence-electron chi connectivity index (χ0n) is 10.8. The van der Waals surface area contributed by atoms with E-state index in [1.54, 1.807) is 0 Å². The molecule has 4 rings (SSSR count). The molecule has 0 aromatic heterocycles. The van der Waals surface area contributed by atoms with Gasteiger partial charge >= 0.3 is 0 Å². The van der Waals surface area contributed by atoms with Crippen LogP contribution in [-0.2, 0) is 0 Å². The summed E-state index contributed by atoms with van der Waals surface area (Å²) in [6, 6.07) is 19.7. The molecule has 0 unspecified atom stereocenters. The van der Waals surface area contributed by atoms with Crippen LogP contribution in [0, 0.1) is 0 Å². The molecule has 1 saturated heterocycles. The van der Waals surface area contributed by atoms with Crippen molar-refractivity contribution in [1.82, 2.24) is 5.43 Å². The van der Waals surface area contributed by atoms with Crippen LogP contribution in [0.4, 0.5) is 5.69 Å². The summed E-state index contributed by atoms with van der Waals surface area (Å²) in [5.74, 6) is 0. The van der Waals surface area contributed by atoms with Crippen molar-refractivity contribution in [1.29, 1.82) is 0 Å². The molecule has 0 spiro atoms. The number of hydrogen-bond acceptors (Lipinski definition) is 2. The smallest absolute Gasteiger partial charge is 0.0598 e. The Hall–Kier alpha value is -2.06. The minimum Gasteiger partial charge on any atom is -0.308 e. The van der Waals surface area contributed by atoms with Crippen LogP contribution in [0.2, 0.25) is 0 Å². The lowest BCUT2D eigenvalue weighted by Gasteiger charge is -2.20. The van der Waals surface area contributed by atoms with Gasteiger partial charge in [-0.3, -0.25) is 0 Å². The number of fused-ring (bicyclic) bond motifs is 2. The first-order valence-corrected chi connectivity index (χ1v) is 6.84. The van der Waals surface area contributed by atoms with Gasteiger partial charge in [0.1, 0.15) is 0 Å². The van der Waals surface area contributed by atoms with Gasteiger partial charge in [-0.25, -0.2) is 5.43 Å². The molecular weight excluding hydrogens is 232 g/mol. The van der Waals surface area contributed by atoms with Crippen molar-refractivity contribution in [3.8, 4) is 0 Å². The molecule has 1 fully saturated rings. The predicted octanol–water partition coefficient (Wildman–Crippen LogP) is 3.71. The Labute approximate surface area is 112 Å². The summed E-state index contributed by atoms with van der Waals surface area (Å²) in [5, 5.41) is 7.53. The third-order valence-corrected chi connectivity index (χ3v) is 3.88. The molecule has 0 bridgehead atoms. The third-order valence-electron chi connectivity index (χ3n) is 3.88. The van der Waals surface area contributed by atoms with Gasteiger partial charge in [0.05, 0.1) is 5.69 Å². The highest BCUT2D eigenvalue weighted by Gasteiger charge is 2.14. The Morgan fingerprint density at radius 3 is 2.42 bits per heavy atom. The zero-order valence-corrected chi connectivity index (χ0v) is 10.8. The van der Waals surface area contributed by atoms with Crippen LogP contribution in [0.3, 0.4) is 0 Å². The fraction of sp³-hybridized carbons (Fsp3) is 0.176. The number of benzene rings is 3. The Morgan fingerprint density at radius 2 is 1.63 bits per heavy atom. The molecule has 2 heteroatoms. The van der Waals surface area contributed by atoms with Gasteiger partial charge in [0.25, 0.3) is 0 Å². The number of hydrazine groups is 1. The number of hydrogen-bond donors (Lipinski definition) is 1. The molecule has 1 aliphatic rings. The fourth-order valence-electron chi connectivity index (χ4n) is 2.92. The first-order chi connectivity index (χ1) is 9.42. The van der Waals surface area contributed by atoms with Crippen LogP contribution >= 0.6 is 0 Å². The Morgan fingerprint density at radius 1 is 0.842 bits per heavy atom. The van der Waals surface area contributed by atoms with E-state index in [1.807, 2.05) is 0 Å². The lowest BCUT2D eigenvalue weighted by atomic mass is 10.0. The Kier molecular flexibility index (Phi) is 2.42. The van der Waals surface area contributed by atoms with E-state index in [-0.39, 0.29) is 0 Å². The minimum absolute atomic E-state index is 1.07. The van der Waals surface area contributed by atoms with Gasteiger partial charge in [-0.1, -0.05) is 36.4 Å². The van der Waals surface area contributed by atoms with E-state index in [0.29, 0.717) is 0 Å². The second-order valence-corrected chi connectivity index (χ2v) is 5.11. The summed E-state index contributed by atoms with van der Waals surface area (Å²) in [6.07, 6.45) is 1.21. The van der Waals surface area contributed by atoms with E-state index in [1.165, 1.54) is 33.7 Å². The molecule has 3 aromatic rings. The first-order valence-electron chi connectivity index (χ1n) is 6.84. The average molecular weight is 248 g/mol. The SMILES string of the molecule is c1ccc2cc3c(N4CCCN4)cccc3cc2c1. The molecule has 0 atom stereocenters. The maximum absolute atomic E-state index is 3.45. The average Bonchev–Trinajstić information content (AvgIpc) is 2.98. The fourth-order valence-corrected chi connectivity index (χ4v) is 2.92. The second-order valence-electron chi connectivity index (χ2n) is 5.11. The van der Waals surface area contributed by atoms with E-state index in [4.69, 9.17) is 0 Å². The lowest BCUT2D eigenvalue weighted by Crippen LogP contribution is -2.30. The number of nitrogens with zero attached hydrogens (tertiary/aromatic N) is 1. The van der Waals surface area contributed by atoms with Crippen molar-refractivity contribution >= 4 is 27.2 Å². The third kappa shape index (κ3) is 1.76. The van der Waals surface area contributed by atoms with E-state index in [9.17, 15) is 0 Å². The quantitative estimate of drug-likeness (QED) is 0.660. The maximum Gasteiger partial charge on any atom is 0.0598 e. The van der Waals surface area contributed by atoms with Gasteiger partial charge in [0.15, 0.2) is 0 Å². The van der Waals surface area contributed by atoms with Crippen molar-refractivity contribution in [2.45, 2.75) is 6.42 Å². The zero-order chi connectivity index (χ0) is 12.7. The molecule has 0 radical (unpaired) electrons. The molecule has 2 nitrogen and oxygen atoms in total. The highest BCUT2D eigenvalue weighted by atomic mass is 15.5. The molecule has 0 saturated carbocycles. The number of anilines is 1. The topological polar surface area (TPSA) is 15.3 Å². The van der Waals surface area contributed by atoms with E-state index < -0.39 is 0 Å². The molecular formula is C17H16N2. The number of nitrogens with one attached hydrogen (secondary N) is 1. The highest BCUT2D eigenvalue weighted by Crippen LogP contribution is 2.30. The van der Waals surface area contributed by atoms with Crippen molar-refractivity contribution in [2.24, 2.45) is 0 Å². The van der Waals surface area contributed by atoms with Crippen molar-refractivity contribution in [2.75, 3.05) is 18.1 Å². The van der Waals surface area contributed by atoms with Crippen molar-refractivity contribution in [3.63, 3.8) is 0 Å². The standard InChI is InChI=1S/C17H16N2/c1-2-6-14-12-16-15(11-13(14)5-1)7-3-8-17(16)19-10-4-9-18-19/h1-3,5-8,11-12,18H,4,9-10H2. The molecule has 1 heterocycles. The van der Waals surface area contributed by atoms with Crippen molar-refractivity contribution < 1.29 is 0 Å². The molecule has 94 valence electrons. The van der Waals surface area contributed by atoms with Gasteiger partial charge < -0.3 is 5.01 Å². The molecule has 0 aliphatic carbocycles. The lowest BCUT2D eigenvalue weighted by molar-refractivity contribution is 0.790. The van der Waals surface area contributed by atoms with E-state index in [2.05, 4.69) is 65.0 Å². The highest BCUT2D eigenvalue weighted by molar-refractivity contribution is 6.03. The molecule has 0 amide bonds. The maximum atomic E-state index is 3.45. The molecule has 3 aromatic carbocycles. The Bertz CT molecular complexity index is 742. The summed E-state index contributed by atoms with van der Waals surface area (Å²) in [7, 11) is 0. The summed E-state index contributed by atoms with van der Waals surface area (Å²) < 4.78 is 0. The van der Waals surface area contributed by atoms with E-state index >= 15 is 0 Å². The second kappa shape index (κ2) is 4.25. The van der Waals surface area contributed by atoms with Crippen LogP contribution in [0.25, 0.3) is 21.5 Å². The van der Waals surface area contributed by atoms with Gasteiger partial charge in [0.2, 0.25) is 0 Å². The first kappa shape index (κ1) is 10.8. The summed E-state index contributed by atoms with van der Waals surface area (Å²) in [6.45, 7) is 2.16. The van der Waals surface area contributed by atoms with Crippen LogP contribution in [0.5, 0.6) is 0 Å². The predicted molar refractivity (Wildman–Crippen MR) is 81.4 cm³/mol. The Balaban J connectivity index is 2.00. The molecule has 1 aliphatic heterocycles. The van der Waals surface area contributed by atoms with Crippen LogP contribution in [0.15, 0.2) is 54.6 Å². The normalized spacial score (nSPS) is 15.5. The summed E-state index contributed by atoms with van der Waals surface area (Å²) in [4.78, 5) is 0. The largest absolute Gasteiger partial charge is 0.308 e. The van der Waals surface area contributed by atoms with Crippen LogP contribution in [-0.4, -0.2) is 13.1 Å². The van der Waals surface area contributed by atoms with E-state index in [0.717, 1.165) is 13.1 Å². The molecule has 19 heavy (non-hydrogen) atoms. The van der Waals surface area contributed by atoms with Gasteiger partial charge in [-0.15, -0.1) is 0 Å². The summed E-state index contributed by atoms with van der Waals surface area (Å²) >= 11 is 0. The van der Waals surface area contributed by atoms with Gasteiger partial charge in [0, 0.05) is 18.5 Å². The van der Waals surface area contributed by atoms with Crippen LogP contribution < -0.4 is 10.4 Å². The summed E-state index contributed by atoms with van der Waals surface area (Å²) in [5.41, 5.74) is 4.74. The monoisotopic (exact) mass is 248 g/mol. The van der Waals surface area contributed by atoms with Gasteiger partial charge in [-0.05, 0) is 40.8 Å².